The Kier molecular flexibility index (Phi) is 3.61. The fourth-order valence-corrected chi connectivity index (χ4v) is 7.06. The molecule has 2 aromatic rings. The highest BCUT2D eigenvalue weighted by Gasteiger charge is 2.68. The Labute approximate surface area is 185 Å². The molecule has 0 radical (unpaired) electrons. The van der Waals surface area contributed by atoms with Crippen LogP contribution in [0.5, 0.6) is 0 Å². The molecular weight excluding hydrogens is 404 g/mol. The van der Waals surface area contributed by atoms with Crippen LogP contribution in [0.1, 0.15) is 45.7 Å². The minimum absolute atomic E-state index is 0.0759. The number of carbonyl (C=O) groups excluding carboxylic acids is 4. The second-order valence-electron chi connectivity index (χ2n) is 9.48. The first-order chi connectivity index (χ1) is 15.4. The Morgan fingerprint density at radius 1 is 0.812 bits per heavy atom. The van der Waals surface area contributed by atoms with Gasteiger partial charge in [-0.1, -0.05) is 48.6 Å². The van der Waals surface area contributed by atoms with Crippen LogP contribution in [0.4, 0.5) is 0 Å². The first-order valence-electron chi connectivity index (χ1n) is 10.9. The van der Waals surface area contributed by atoms with E-state index in [1.165, 1.54) is 4.90 Å². The third-order valence-corrected chi connectivity index (χ3v) is 8.41. The zero-order chi connectivity index (χ0) is 22.4. The molecule has 0 saturated carbocycles. The van der Waals surface area contributed by atoms with Gasteiger partial charge in [-0.25, -0.2) is 0 Å². The highest BCUT2D eigenvalue weighted by molar-refractivity contribution is 6.06. The van der Waals surface area contributed by atoms with E-state index in [4.69, 9.17) is 0 Å². The van der Waals surface area contributed by atoms with Crippen LogP contribution in [0.3, 0.4) is 0 Å². The van der Waals surface area contributed by atoms with Crippen molar-refractivity contribution in [2.45, 2.75) is 31.0 Å². The molecule has 2 bridgehead atoms. The second-order valence-corrected chi connectivity index (χ2v) is 9.48. The largest absolute Gasteiger partial charge is 0.321 e. The summed E-state index contributed by atoms with van der Waals surface area (Å²) in [7, 11) is 0. The fourth-order valence-electron chi connectivity index (χ4n) is 7.06. The van der Waals surface area contributed by atoms with E-state index in [2.05, 4.69) is 6.08 Å². The monoisotopic (exact) mass is 426 g/mol. The quantitative estimate of drug-likeness (QED) is 0.559. The Morgan fingerprint density at radius 2 is 1.41 bits per heavy atom. The number of hydrogen-bond acceptors (Lipinski definition) is 4. The molecule has 7 rings (SSSR count). The van der Waals surface area contributed by atoms with E-state index in [0.717, 1.165) is 17.4 Å². The molecule has 0 N–H and O–H groups in total. The molecular formula is C26H22N2O4. The van der Waals surface area contributed by atoms with Crippen molar-refractivity contribution in [2.75, 3.05) is 0 Å². The molecule has 1 saturated heterocycles. The van der Waals surface area contributed by atoms with Crippen LogP contribution in [0, 0.1) is 17.8 Å². The van der Waals surface area contributed by atoms with Crippen LogP contribution in [0.25, 0.3) is 0 Å². The minimum atomic E-state index is -1.01. The minimum Gasteiger partial charge on any atom is -0.321 e. The van der Waals surface area contributed by atoms with E-state index >= 15 is 0 Å². The number of benzene rings is 2. The summed E-state index contributed by atoms with van der Waals surface area (Å²) in [4.78, 5) is 54.5. The lowest BCUT2D eigenvalue weighted by Gasteiger charge is -2.61. The van der Waals surface area contributed by atoms with Gasteiger partial charge in [-0.3, -0.25) is 19.3 Å². The molecule has 0 spiro atoms. The van der Waals surface area contributed by atoms with Gasteiger partial charge in [0.1, 0.15) is 6.29 Å². The number of nitrogens with zero attached hydrogens (tertiary/aromatic N) is 2. The predicted molar refractivity (Wildman–Crippen MR) is 115 cm³/mol. The van der Waals surface area contributed by atoms with Crippen molar-refractivity contribution in [3.05, 3.63) is 82.9 Å². The van der Waals surface area contributed by atoms with E-state index in [0.29, 0.717) is 17.5 Å². The molecule has 0 unspecified atom stereocenters. The number of aldehydes is 1. The van der Waals surface area contributed by atoms with Crippen LogP contribution in [-0.2, 0) is 20.7 Å². The summed E-state index contributed by atoms with van der Waals surface area (Å²) in [5, 5.41) is 0. The molecule has 3 amide bonds. The highest BCUT2D eigenvalue weighted by Crippen LogP contribution is 2.62. The van der Waals surface area contributed by atoms with Gasteiger partial charge in [0.05, 0.1) is 17.1 Å². The summed E-state index contributed by atoms with van der Waals surface area (Å²) in [5.41, 5.74) is 1.14. The van der Waals surface area contributed by atoms with Gasteiger partial charge in [0.2, 0.25) is 6.41 Å². The molecule has 0 aromatic heterocycles. The van der Waals surface area contributed by atoms with Crippen LogP contribution in [0.15, 0.2) is 60.7 Å². The van der Waals surface area contributed by atoms with Gasteiger partial charge in [0.15, 0.2) is 0 Å². The normalized spacial score (nSPS) is 36.2. The van der Waals surface area contributed by atoms with Crippen molar-refractivity contribution >= 4 is 24.5 Å². The Morgan fingerprint density at radius 3 is 2.03 bits per heavy atom. The summed E-state index contributed by atoms with van der Waals surface area (Å²) in [6, 6.07) is 14.4. The molecule has 1 aliphatic carbocycles. The maximum atomic E-state index is 13.4. The van der Waals surface area contributed by atoms with Crippen molar-refractivity contribution < 1.29 is 19.2 Å². The molecule has 32 heavy (non-hydrogen) atoms. The maximum absolute atomic E-state index is 13.4. The van der Waals surface area contributed by atoms with Crippen LogP contribution in [0.2, 0.25) is 0 Å². The van der Waals surface area contributed by atoms with Crippen molar-refractivity contribution in [3.63, 3.8) is 0 Å². The standard InChI is InChI=1S/C26H22N2O4/c1-25-18-9-5-4-8-16(18)24(32)28(25)21-12-11-20(25)22(17(21)13-29)26(2)19-10-6-3-7-15(19)23(31)27(26)14-30/h3-14,17,20-22H,1-2H3/t17-,20-,21+,22-,25+,26+/m1/s1. The zero-order valence-electron chi connectivity index (χ0n) is 17.8. The van der Waals surface area contributed by atoms with E-state index in [-0.39, 0.29) is 23.7 Å². The lowest BCUT2D eigenvalue weighted by molar-refractivity contribution is -0.141. The summed E-state index contributed by atoms with van der Waals surface area (Å²) in [6.07, 6.45) is 5.52. The molecule has 5 aliphatic rings. The number of fused-ring (bicyclic) bond motifs is 3. The fraction of sp³-hybridized carbons (Fsp3) is 0.308. The average molecular weight is 426 g/mol. The van der Waals surface area contributed by atoms with E-state index in [1.807, 2.05) is 61.2 Å². The summed E-state index contributed by atoms with van der Waals surface area (Å²) >= 11 is 0. The zero-order valence-corrected chi connectivity index (χ0v) is 17.8. The molecule has 6 heteroatoms. The van der Waals surface area contributed by atoms with Crippen molar-refractivity contribution in [3.8, 4) is 0 Å². The maximum Gasteiger partial charge on any atom is 0.261 e. The van der Waals surface area contributed by atoms with Crippen molar-refractivity contribution in [1.82, 2.24) is 9.80 Å². The lowest BCUT2D eigenvalue weighted by atomic mass is 9.53. The van der Waals surface area contributed by atoms with E-state index in [1.54, 1.807) is 12.1 Å². The third kappa shape index (κ3) is 1.88. The van der Waals surface area contributed by atoms with Gasteiger partial charge < -0.3 is 9.69 Å². The summed E-state index contributed by atoms with van der Waals surface area (Å²) < 4.78 is 0. The van der Waals surface area contributed by atoms with Gasteiger partial charge in [-0.2, -0.15) is 0 Å². The SMILES string of the molecule is C[C@@]1([C@@H]2[C@H](C=O)[C@@H]3C=C[C@H]2[C@]2(C)c4ccccc4C(=O)N32)c2ccccc2C(=O)N1C=O. The first-order valence-corrected chi connectivity index (χ1v) is 10.9. The summed E-state index contributed by atoms with van der Waals surface area (Å²) in [5.74, 6) is -1.62. The number of piperidine rings is 1. The van der Waals surface area contributed by atoms with Crippen LogP contribution in [-0.4, -0.2) is 40.4 Å². The van der Waals surface area contributed by atoms with Gasteiger partial charge in [0, 0.05) is 28.9 Å². The Hall–Kier alpha value is -3.54. The predicted octanol–water partition coefficient (Wildman–Crippen LogP) is 2.88. The summed E-state index contributed by atoms with van der Waals surface area (Å²) in [6.45, 7) is 3.93. The van der Waals surface area contributed by atoms with E-state index < -0.39 is 23.0 Å². The van der Waals surface area contributed by atoms with Crippen molar-refractivity contribution in [2.24, 2.45) is 17.8 Å². The van der Waals surface area contributed by atoms with Crippen LogP contribution >= 0.6 is 0 Å². The smallest absolute Gasteiger partial charge is 0.261 e. The van der Waals surface area contributed by atoms with E-state index in [9.17, 15) is 19.2 Å². The molecule has 160 valence electrons. The number of hydrogen-bond donors (Lipinski definition) is 0. The number of imide groups is 1. The topological polar surface area (TPSA) is 74.8 Å². The molecule has 6 atom stereocenters. The molecule has 4 aliphatic heterocycles. The molecule has 2 aromatic carbocycles. The van der Waals surface area contributed by atoms with Gasteiger partial charge in [-0.15, -0.1) is 0 Å². The van der Waals surface area contributed by atoms with Gasteiger partial charge >= 0.3 is 0 Å². The van der Waals surface area contributed by atoms with Gasteiger partial charge in [0.25, 0.3) is 11.8 Å². The third-order valence-electron chi connectivity index (χ3n) is 8.41. The first kappa shape index (κ1) is 19.2. The Bertz CT molecular complexity index is 1250. The molecule has 4 heterocycles. The molecule has 6 nitrogen and oxygen atoms in total. The number of rotatable bonds is 3. The Balaban J connectivity index is 1.62. The lowest BCUT2D eigenvalue weighted by Crippen LogP contribution is -2.69. The average Bonchev–Trinajstić information content (AvgIpc) is 3.20. The molecule has 1 fully saturated rings. The highest BCUT2D eigenvalue weighted by atomic mass is 16.2. The second kappa shape index (κ2) is 6.03. The van der Waals surface area contributed by atoms with Crippen LogP contribution < -0.4 is 0 Å². The number of carbonyl (C=O) groups is 4. The van der Waals surface area contributed by atoms with Crippen molar-refractivity contribution in [1.29, 1.82) is 0 Å². The van der Waals surface area contributed by atoms with Gasteiger partial charge in [-0.05, 0) is 37.1 Å². The number of amides is 3.